The Bertz CT molecular complexity index is 342. The van der Waals surface area contributed by atoms with Crippen LogP contribution in [-0.4, -0.2) is 18.0 Å². The van der Waals surface area contributed by atoms with Gasteiger partial charge in [-0.15, -0.1) is 0 Å². The van der Waals surface area contributed by atoms with Crippen molar-refractivity contribution in [2.75, 3.05) is 0 Å². The molecule has 0 saturated carbocycles. The number of ether oxygens (including phenoxy) is 1. The summed E-state index contributed by atoms with van der Waals surface area (Å²) in [5.41, 5.74) is 5.66. The lowest BCUT2D eigenvalue weighted by molar-refractivity contribution is -0.161. The predicted molar refractivity (Wildman–Crippen MR) is 104 cm³/mol. The summed E-state index contributed by atoms with van der Waals surface area (Å²) >= 11 is 0. The van der Waals surface area contributed by atoms with Crippen molar-refractivity contribution in [1.82, 2.24) is 0 Å². The van der Waals surface area contributed by atoms with Crippen molar-refractivity contribution < 1.29 is 14.3 Å². The van der Waals surface area contributed by atoms with Crippen LogP contribution in [0.25, 0.3) is 0 Å². The van der Waals surface area contributed by atoms with E-state index < -0.39 is 18.0 Å². The molecule has 0 spiro atoms. The second kappa shape index (κ2) is 16.6. The van der Waals surface area contributed by atoms with Crippen molar-refractivity contribution in [3.8, 4) is 0 Å². The summed E-state index contributed by atoms with van der Waals surface area (Å²) in [6, 6.07) is -0.712. The van der Waals surface area contributed by atoms with Gasteiger partial charge in [0.1, 0.15) is 6.04 Å². The maximum atomic E-state index is 11.6. The van der Waals surface area contributed by atoms with Crippen LogP contribution in [0.15, 0.2) is 0 Å². The van der Waals surface area contributed by atoms with E-state index in [4.69, 9.17) is 10.5 Å². The minimum atomic E-state index is -0.712. The first kappa shape index (κ1) is 24.1. The van der Waals surface area contributed by atoms with Gasteiger partial charge in [0, 0.05) is 6.42 Å². The fraction of sp³-hybridized carbons (Fsp3) is 0.905. The third-order valence-electron chi connectivity index (χ3n) is 4.69. The molecule has 4 heteroatoms. The monoisotopic (exact) mass is 355 g/mol. The minimum Gasteiger partial charge on any atom is -0.392 e. The van der Waals surface area contributed by atoms with E-state index in [0.717, 1.165) is 19.3 Å². The lowest BCUT2D eigenvalue weighted by atomic mass is 10.0. The molecule has 0 aromatic rings. The van der Waals surface area contributed by atoms with Crippen LogP contribution in [0.4, 0.5) is 0 Å². The number of unbranched alkanes of at least 4 members (excludes halogenated alkanes) is 12. The van der Waals surface area contributed by atoms with Crippen LogP contribution >= 0.6 is 0 Å². The molecule has 25 heavy (non-hydrogen) atoms. The van der Waals surface area contributed by atoms with E-state index in [0.29, 0.717) is 6.42 Å². The van der Waals surface area contributed by atoms with Gasteiger partial charge in [-0.2, -0.15) is 0 Å². The van der Waals surface area contributed by atoms with Gasteiger partial charge < -0.3 is 10.5 Å². The molecule has 0 heterocycles. The number of rotatable bonds is 16. The summed E-state index contributed by atoms with van der Waals surface area (Å²) < 4.78 is 4.78. The maximum absolute atomic E-state index is 11.6. The topological polar surface area (TPSA) is 69.4 Å². The van der Waals surface area contributed by atoms with Crippen molar-refractivity contribution in [3.63, 3.8) is 0 Å². The molecule has 0 aliphatic rings. The third kappa shape index (κ3) is 15.1. The third-order valence-corrected chi connectivity index (χ3v) is 4.69. The first-order chi connectivity index (χ1) is 12.0. The molecule has 0 aromatic carbocycles. The molecule has 0 rings (SSSR count). The zero-order valence-electron chi connectivity index (χ0n) is 16.9. The first-order valence-corrected chi connectivity index (χ1v) is 10.5. The van der Waals surface area contributed by atoms with Crippen LogP contribution in [0, 0.1) is 5.92 Å². The largest absolute Gasteiger partial charge is 0.392 e. The van der Waals surface area contributed by atoms with Gasteiger partial charge in [0.25, 0.3) is 0 Å². The second-order valence-corrected chi connectivity index (χ2v) is 7.56. The average Bonchev–Trinajstić information content (AvgIpc) is 2.58. The first-order valence-electron chi connectivity index (χ1n) is 10.5. The lowest BCUT2D eigenvalue weighted by Gasteiger charge is -2.13. The van der Waals surface area contributed by atoms with E-state index in [1.807, 2.05) is 13.8 Å². The lowest BCUT2D eigenvalue weighted by Crippen LogP contribution is -2.38. The highest BCUT2D eigenvalue weighted by Gasteiger charge is 2.21. The van der Waals surface area contributed by atoms with Crippen LogP contribution in [0.2, 0.25) is 0 Å². The quantitative estimate of drug-likeness (QED) is 0.225. The molecule has 4 nitrogen and oxygen atoms in total. The van der Waals surface area contributed by atoms with Crippen LogP contribution in [0.5, 0.6) is 0 Å². The molecule has 0 unspecified atom stereocenters. The Morgan fingerprint density at radius 3 is 1.56 bits per heavy atom. The Hall–Kier alpha value is -0.900. The molecule has 1 atom stereocenters. The number of hydrogen-bond acceptors (Lipinski definition) is 4. The van der Waals surface area contributed by atoms with Crippen LogP contribution < -0.4 is 5.73 Å². The molecule has 0 fully saturated rings. The van der Waals surface area contributed by atoms with Crippen molar-refractivity contribution in [2.45, 2.75) is 117 Å². The molecule has 148 valence electrons. The summed E-state index contributed by atoms with van der Waals surface area (Å²) in [6.07, 6.45) is 16.8. The minimum absolute atomic E-state index is 0.0170. The Balaban J connectivity index is 3.35. The molecule has 0 aliphatic heterocycles. The van der Waals surface area contributed by atoms with Gasteiger partial charge in [0.2, 0.25) is 0 Å². The number of carbonyl (C=O) groups excluding carboxylic acids is 2. The highest BCUT2D eigenvalue weighted by Crippen LogP contribution is 2.13. The Labute approximate surface area is 155 Å². The van der Waals surface area contributed by atoms with Gasteiger partial charge in [-0.25, -0.2) is 4.79 Å². The zero-order chi connectivity index (χ0) is 18.9. The van der Waals surface area contributed by atoms with Crippen LogP contribution in [-0.2, 0) is 14.3 Å². The van der Waals surface area contributed by atoms with Gasteiger partial charge in [-0.1, -0.05) is 97.8 Å². The van der Waals surface area contributed by atoms with Gasteiger partial charge in [0.15, 0.2) is 0 Å². The summed E-state index contributed by atoms with van der Waals surface area (Å²) in [4.78, 5) is 23.1. The van der Waals surface area contributed by atoms with E-state index in [1.54, 1.807) is 0 Å². The number of carbonyl (C=O) groups is 2. The molecule has 2 N–H and O–H groups in total. The average molecular weight is 356 g/mol. The molecule has 0 amide bonds. The molecule has 0 radical (unpaired) electrons. The standard InChI is InChI=1S/C21H41NO3/c1-4-5-6-7-8-9-10-11-12-13-14-15-16-17-19(23)25-21(24)20(22)18(2)3/h18,20H,4-17,22H2,1-3H3/t20-/m1/s1. The summed E-state index contributed by atoms with van der Waals surface area (Å²) in [5.74, 6) is -1.06. The van der Waals surface area contributed by atoms with Crippen molar-refractivity contribution in [1.29, 1.82) is 0 Å². The number of nitrogens with two attached hydrogens (primary N) is 1. The van der Waals surface area contributed by atoms with Crippen LogP contribution in [0.1, 0.15) is 111 Å². The Morgan fingerprint density at radius 2 is 1.16 bits per heavy atom. The Kier molecular flexibility index (Phi) is 16.0. The van der Waals surface area contributed by atoms with Crippen molar-refractivity contribution in [2.24, 2.45) is 11.7 Å². The fourth-order valence-electron chi connectivity index (χ4n) is 2.79. The predicted octanol–water partition coefficient (Wildman–Crippen LogP) is 5.52. The molecular formula is C21H41NO3. The Morgan fingerprint density at radius 1 is 0.760 bits per heavy atom. The fourth-order valence-corrected chi connectivity index (χ4v) is 2.79. The molecule has 0 bridgehead atoms. The normalized spacial score (nSPS) is 12.4. The number of hydrogen-bond donors (Lipinski definition) is 1. The summed E-state index contributed by atoms with van der Waals surface area (Å²) in [5, 5.41) is 0. The van der Waals surface area contributed by atoms with Gasteiger partial charge in [-0.3, -0.25) is 4.79 Å². The maximum Gasteiger partial charge on any atom is 0.330 e. The smallest absolute Gasteiger partial charge is 0.330 e. The highest BCUT2D eigenvalue weighted by molar-refractivity contribution is 5.88. The molecular weight excluding hydrogens is 314 g/mol. The SMILES string of the molecule is CCCCCCCCCCCCCCCC(=O)OC(=O)[C@H](N)C(C)C. The second-order valence-electron chi connectivity index (χ2n) is 7.56. The van der Waals surface area contributed by atoms with Crippen molar-refractivity contribution >= 4 is 11.9 Å². The van der Waals surface area contributed by atoms with E-state index >= 15 is 0 Å². The van der Waals surface area contributed by atoms with E-state index in [9.17, 15) is 9.59 Å². The van der Waals surface area contributed by atoms with E-state index in [2.05, 4.69) is 6.92 Å². The summed E-state index contributed by atoms with van der Waals surface area (Å²) in [6.45, 7) is 5.93. The molecule has 0 aliphatic carbocycles. The van der Waals surface area contributed by atoms with E-state index in [1.165, 1.54) is 64.2 Å². The van der Waals surface area contributed by atoms with E-state index in [-0.39, 0.29) is 5.92 Å². The summed E-state index contributed by atoms with van der Waals surface area (Å²) in [7, 11) is 0. The van der Waals surface area contributed by atoms with Crippen molar-refractivity contribution in [3.05, 3.63) is 0 Å². The molecule has 0 aromatic heterocycles. The van der Waals surface area contributed by atoms with Gasteiger partial charge in [-0.05, 0) is 12.3 Å². The zero-order valence-corrected chi connectivity index (χ0v) is 16.9. The highest BCUT2D eigenvalue weighted by atomic mass is 16.6. The van der Waals surface area contributed by atoms with Gasteiger partial charge >= 0.3 is 11.9 Å². The van der Waals surface area contributed by atoms with Gasteiger partial charge in [0.05, 0.1) is 0 Å². The molecule has 0 saturated heterocycles. The van der Waals surface area contributed by atoms with Crippen LogP contribution in [0.3, 0.4) is 0 Å². The number of esters is 2.